The van der Waals surface area contributed by atoms with E-state index in [4.69, 9.17) is 0 Å². The van der Waals surface area contributed by atoms with Crippen molar-refractivity contribution in [2.75, 3.05) is 33.2 Å². The molecule has 1 aliphatic heterocycles. The zero-order chi connectivity index (χ0) is 10.7. The summed E-state index contributed by atoms with van der Waals surface area (Å²) in [6.45, 7) is 6.78. The van der Waals surface area contributed by atoms with Crippen LogP contribution < -0.4 is 5.32 Å². The Morgan fingerprint density at radius 3 is 2.73 bits per heavy atom. The van der Waals surface area contributed by atoms with Crippen molar-refractivity contribution in [3.05, 3.63) is 35.9 Å². The van der Waals surface area contributed by atoms with Crippen LogP contribution in [0, 0.1) is 0 Å². The molecule has 0 radical (unpaired) electrons. The fourth-order valence-electron chi connectivity index (χ4n) is 2.40. The molecule has 0 saturated carbocycles. The molecule has 1 heterocycles. The van der Waals surface area contributed by atoms with Crippen LogP contribution in [0.3, 0.4) is 0 Å². The van der Waals surface area contributed by atoms with E-state index in [1.807, 2.05) is 0 Å². The first kappa shape index (κ1) is 10.7. The number of nitrogens with zero attached hydrogens (tertiary/aromatic N) is 1. The van der Waals surface area contributed by atoms with Crippen LogP contribution in [-0.4, -0.2) is 38.1 Å². The van der Waals surface area contributed by atoms with Gasteiger partial charge in [-0.3, -0.25) is 0 Å². The number of hydrogen-bond donors (Lipinski definition) is 1. The maximum absolute atomic E-state index is 3.53. The van der Waals surface area contributed by atoms with E-state index in [1.54, 1.807) is 0 Å². The highest BCUT2D eigenvalue weighted by Gasteiger charge is 2.29. The van der Waals surface area contributed by atoms with E-state index in [9.17, 15) is 0 Å². The van der Waals surface area contributed by atoms with Crippen LogP contribution in [0.5, 0.6) is 0 Å². The second kappa shape index (κ2) is 4.33. The number of benzene rings is 1. The van der Waals surface area contributed by atoms with Crippen LogP contribution in [0.15, 0.2) is 30.3 Å². The van der Waals surface area contributed by atoms with Crippen LogP contribution in [0.1, 0.15) is 12.5 Å². The Morgan fingerprint density at radius 1 is 1.27 bits per heavy atom. The van der Waals surface area contributed by atoms with E-state index in [1.165, 1.54) is 5.56 Å². The highest BCUT2D eigenvalue weighted by atomic mass is 15.1. The maximum atomic E-state index is 3.53. The molecule has 1 aliphatic rings. The zero-order valence-corrected chi connectivity index (χ0v) is 9.66. The lowest BCUT2D eigenvalue weighted by Gasteiger charge is -2.31. The molecular weight excluding hydrogens is 184 g/mol. The Morgan fingerprint density at radius 2 is 2.00 bits per heavy atom. The average Bonchev–Trinajstić information content (AvgIpc) is 2.42. The Labute approximate surface area is 92.3 Å². The second-order valence-corrected chi connectivity index (χ2v) is 4.84. The average molecular weight is 204 g/mol. The molecule has 1 atom stereocenters. The predicted octanol–water partition coefficient (Wildman–Crippen LogP) is 1.48. The summed E-state index contributed by atoms with van der Waals surface area (Å²) >= 11 is 0. The van der Waals surface area contributed by atoms with Crippen molar-refractivity contribution in [2.45, 2.75) is 12.3 Å². The van der Waals surface area contributed by atoms with Gasteiger partial charge in [0.15, 0.2) is 0 Å². The van der Waals surface area contributed by atoms with Gasteiger partial charge in [0.05, 0.1) is 0 Å². The lowest BCUT2D eigenvalue weighted by molar-refractivity contribution is 0.290. The van der Waals surface area contributed by atoms with Crippen LogP contribution in [0.4, 0.5) is 0 Å². The number of rotatable bonds is 1. The molecule has 15 heavy (non-hydrogen) atoms. The van der Waals surface area contributed by atoms with Gasteiger partial charge in [-0.1, -0.05) is 37.3 Å². The molecule has 0 bridgehead atoms. The van der Waals surface area contributed by atoms with Gasteiger partial charge < -0.3 is 10.2 Å². The molecule has 0 aromatic heterocycles. The summed E-state index contributed by atoms with van der Waals surface area (Å²) in [6, 6.07) is 10.8. The monoisotopic (exact) mass is 204 g/mol. The van der Waals surface area contributed by atoms with E-state index in [2.05, 4.69) is 54.5 Å². The Kier molecular flexibility index (Phi) is 3.08. The predicted molar refractivity (Wildman–Crippen MR) is 64.2 cm³/mol. The molecule has 0 amide bonds. The molecule has 0 spiro atoms. The smallest absolute Gasteiger partial charge is 0.0176 e. The molecule has 0 aliphatic carbocycles. The fourth-order valence-corrected chi connectivity index (χ4v) is 2.40. The van der Waals surface area contributed by atoms with Gasteiger partial charge in [0, 0.05) is 31.6 Å². The van der Waals surface area contributed by atoms with Gasteiger partial charge in [-0.2, -0.15) is 0 Å². The van der Waals surface area contributed by atoms with Gasteiger partial charge in [0.1, 0.15) is 0 Å². The SMILES string of the molecule is CN1CCNCC(C)(c2ccccc2)C1. The summed E-state index contributed by atoms with van der Waals surface area (Å²) in [4.78, 5) is 2.41. The molecule has 1 unspecified atom stereocenters. The molecule has 1 fully saturated rings. The second-order valence-electron chi connectivity index (χ2n) is 4.84. The molecule has 1 aromatic carbocycles. The van der Waals surface area contributed by atoms with Crippen molar-refractivity contribution in [2.24, 2.45) is 0 Å². The molecule has 1 N–H and O–H groups in total. The largest absolute Gasteiger partial charge is 0.315 e. The highest BCUT2D eigenvalue weighted by Crippen LogP contribution is 2.24. The Balaban J connectivity index is 2.24. The van der Waals surface area contributed by atoms with Crippen molar-refractivity contribution >= 4 is 0 Å². The van der Waals surface area contributed by atoms with Crippen LogP contribution in [0.2, 0.25) is 0 Å². The zero-order valence-electron chi connectivity index (χ0n) is 9.66. The van der Waals surface area contributed by atoms with Gasteiger partial charge >= 0.3 is 0 Å². The molecule has 2 rings (SSSR count). The lowest BCUT2D eigenvalue weighted by Crippen LogP contribution is -2.39. The number of hydrogen-bond acceptors (Lipinski definition) is 2. The molecule has 2 heteroatoms. The minimum Gasteiger partial charge on any atom is -0.315 e. The van der Waals surface area contributed by atoms with Crippen molar-refractivity contribution < 1.29 is 0 Å². The standard InChI is InChI=1S/C13H20N2/c1-13(12-6-4-3-5-7-12)10-14-8-9-15(2)11-13/h3-7,14H,8-11H2,1-2H3. The quantitative estimate of drug-likeness (QED) is 0.745. The highest BCUT2D eigenvalue weighted by molar-refractivity contribution is 5.26. The summed E-state index contributed by atoms with van der Waals surface area (Å²) in [6.07, 6.45) is 0. The minimum atomic E-state index is 0.243. The van der Waals surface area contributed by atoms with Gasteiger partial charge in [0.2, 0.25) is 0 Å². The Bertz CT molecular complexity index is 310. The topological polar surface area (TPSA) is 15.3 Å². The van der Waals surface area contributed by atoms with E-state index in [0.29, 0.717) is 0 Å². The lowest BCUT2D eigenvalue weighted by atomic mass is 9.82. The third kappa shape index (κ3) is 2.39. The maximum Gasteiger partial charge on any atom is 0.0176 e. The minimum absolute atomic E-state index is 0.243. The summed E-state index contributed by atoms with van der Waals surface area (Å²) in [5.41, 5.74) is 1.68. The first-order valence-electron chi connectivity index (χ1n) is 5.65. The van der Waals surface area contributed by atoms with Gasteiger partial charge in [-0.25, -0.2) is 0 Å². The summed E-state index contributed by atoms with van der Waals surface area (Å²) in [7, 11) is 2.20. The first-order valence-corrected chi connectivity index (χ1v) is 5.65. The fraction of sp³-hybridized carbons (Fsp3) is 0.538. The normalized spacial score (nSPS) is 28.7. The van der Waals surface area contributed by atoms with Crippen LogP contribution in [-0.2, 0) is 5.41 Å². The summed E-state index contributed by atoms with van der Waals surface area (Å²) in [5, 5.41) is 3.53. The third-order valence-corrected chi connectivity index (χ3v) is 3.28. The van der Waals surface area contributed by atoms with Gasteiger partial charge in [-0.15, -0.1) is 0 Å². The van der Waals surface area contributed by atoms with Crippen molar-refractivity contribution in [3.63, 3.8) is 0 Å². The van der Waals surface area contributed by atoms with Gasteiger partial charge in [0.25, 0.3) is 0 Å². The van der Waals surface area contributed by atoms with E-state index >= 15 is 0 Å². The van der Waals surface area contributed by atoms with Crippen LogP contribution >= 0.6 is 0 Å². The van der Waals surface area contributed by atoms with E-state index in [-0.39, 0.29) is 5.41 Å². The molecular formula is C13H20N2. The number of likely N-dealkylation sites (N-methyl/N-ethyl adjacent to an activating group) is 1. The van der Waals surface area contributed by atoms with E-state index in [0.717, 1.165) is 26.2 Å². The van der Waals surface area contributed by atoms with Crippen molar-refractivity contribution in [1.29, 1.82) is 0 Å². The summed E-state index contributed by atoms with van der Waals surface area (Å²) in [5.74, 6) is 0. The number of nitrogens with one attached hydrogen (secondary N) is 1. The van der Waals surface area contributed by atoms with E-state index < -0.39 is 0 Å². The van der Waals surface area contributed by atoms with Gasteiger partial charge in [-0.05, 0) is 12.6 Å². The van der Waals surface area contributed by atoms with Crippen molar-refractivity contribution in [3.8, 4) is 0 Å². The van der Waals surface area contributed by atoms with Crippen LogP contribution in [0.25, 0.3) is 0 Å². The first-order chi connectivity index (χ1) is 7.21. The molecule has 82 valence electrons. The molecule has 1 saturated heterocycles. The van der Waals surface area contributed by atoms with Crippen molar-refractivity contribution in [1.82, 2.24) is 10.2 Å². The molecule has 2 nitrogen and oxygen atoms in total. The Hall–Kier alpha value is -0.860. The molecule has 1 aromatic rings. The summed E-state index contributed by atoms with van der Waals surface area (Å²) < 4.78 is 0. The third-order valence-electron chi connectivity index (χ3n) is 3.28.